The van der Waals surface area contributed by atoms with Crippen molar-refractivity contribution < 1.29 is 48.0 Å². The summed E-state index contributed by atoms with van der Waals surface area (Å²) in [6.07, 6.45) is 6.19. The van der Waals surface area contributed by atoms with Gasteiger partial charge < -0.3 is 33.7 Å². The molecule has 1 N–H and O–H groups in total. The predicted octanol–water partition coefficient (Wildman–Crippen LogP) is 4.71. The third-order valence-electron chi connectivity index (χ3n) is 14.8. The number of ether oxygens (including phenoxy) is 6. The van der Waals surface area contributed by atoms with Gasteiger partial charge in [0.15, 0.2) is 36.4 Å². The maximum atomic E-state index is 6.81. The van der Waals surface area contributed by atoms with Gasteiger partial charge in [0, 0.05) is 62.7 Å². The van der Waals surface area contributed by atoms with Crippen molar-refractivity contribution >= 4 is 0 Å². The van der Waals surface area contributed by atoms with E-state index < -0.39 is 47.9 Å². The molecule has 0 amide bonds. The van der Waals surface area contributed by atoms with Crippen LogP contribution in [0.25, 0.3) is 0 Å². The normalized spacial score (nSPS) is 56.0. The lowest BCUT2D eigenvalue weighted by molar-refractivity contribution is -0.578. The van der Waals surface area contributed by atoms with Crippen LogP contribution in [0.5, 0.6) is 0 Å². The van der Waals surface area contributed by atoms with Gasteiger partial charge in [-0.3, -0.25) is 4.90 Å². The Hall–Kier alpha value is -0.480. The molecule has 2 unspecified atom stereocenters. The molecule has 0 radical (unpaired) electrons. The van der Waals surface area contributed by atoms with Gasteiger partial charge in [0.05, 0.1) is 19.3 Å². The Bertz CT molecular complexity index is 1140. The molecule has 49 heavy (non-hydrogen) atoms. The van der Waals surface area contributed by atoms with E-state index >= 15 is 0 Å². The molecule has 11 fully saturated rings. The molecule has 0 aromatic heterocycles. The summed E-state index contributed by atoms with van der Waals surface area (Å²) in [5.74, 6) is 0.794. The highest BCUT2D eigenvalue weighted by molar-refractivity contribution is 5.10. The second-order valence-corrected chi connectivity index (χ2v) is 17.7. The van der Waals surface area contributed by atoms with Gasteiger partial charge in [0.2, 0.25) is 11.6 Å². The zero-order valence-corrected chi connectivity index (χ0v) is 30.4. The Morgan fingerprint density at radius 2 is 1.10 bits per heavy atom. The summed E-state index contributed by atoms with van der Waals surface area (Å²) >= 11 is 0. The van der Waals surface area contributed by atoms with Gasteiger partial charge in [-0.05, 0) is 76.0 Å². The molecule has 2 saturated carbocycles. The highest BCUT2D eigenvalue weighted by atomic mass is 17.3. The summed E-state index contributed by atoms with van der Waals surface area (Å²) in [5, 5.41) is 3.50. The third kappa shape index (κ3) is 5.36. The number of hydrogen-bond donors (Lipinski definition) is 1. The van der Waals surface area contributed by atoms with Crippen molar-refractivity contribution in [3.8, 4) is 0 Å². The third-order valence-corrected chi connectivity index (χ3v) is 14.8. The molecule has 9 saturated heterocycles. The summed E-state index contributed by atoms with van der Waals surface area (Å²) in [6, 6.07) is 0.0333. The highest BCUT2D eigenvalue weighted by Crippen LogP contribution is 2.62. The van der Waals surface area contributed by atoms with Crippen LogP contribution in [0.2, 0.25) is 0 Å². The number of nitrogens with one attached hydrogen (secondary N) is 1. The monoisotopic (exact) mass is 692 g/mol. The lowest BCUT2D eigenvalue weighted by Gasteiger charge is -2.60. The minimum Gasteiger partial charge on any atom is -0.351 e. The van der Waals surface area contributed by atoms with E-state index in [1.54, 1.807) is 0 Å². The van der Waals surface area contributed by atoms with E-state index in [1.807, 2.05) is 13.8 Å². The summed E-state index contributed by atoms with van der Waals surface area (Å²) < 4.78 is 40.4. The van der Waals surface area contributed by atoms with Gasteiger partial charge in [-0.2, -0.15) is 0 Å². The molecule has 12 heteroatoms. The summed E-state index contributed by atoms with van der Waals surface area (Å²) in [4.78, 5) is 27.3. The average Bonchev–Trinajstić information content (AvgIpc) is 3.47. The smallest absolute Gasteiger partial charge is 0.201 e. The van der Waals surface area contributed by atoms with Gasteiger partial charge in [0.1, 0.15) is 0 Å². The molecule has 12 nitrogen and oxygen atoms in total. The Labute approximate surface area is 291 Å². The quantitative estimate of drug-likeness (QED) is 0.374. The van der Waals surface area contributed by atoms with Crippen LogP contribution in [0, 0.1) is 47.3 Å². The molecule has 17 atom stereocenters. The first-order chi connectivity index (χ1) is 23.6. The summed E-state index contributed by atoms with van der Waals surface area (Å²) in [6.45, 7) is 17.9. The molecule has 11 aliphatic rings. The van der Waals surface area contributed by atoms with E-state index in [0.717, 1.165) is 64.7 Å². The van der Waals surface area contributed by atoms with Crippen LogP contribution >= 0.6 is 0 Å². The lowest BCUT2D eigenvalue weighted by atomic mass is 9.58. The number of piperazine rings is 1. The van der Waals surface area contributed by atoms with E-state index in [1.165, 1.54) is 12.8 Å². The van der Waals surface area contributed by atoms with Crippen LogP contribution in [-0.4, -0.2) is 98.3 Å². The molecule has 9 heterocycles. The number of nitrogens with zero attached hydrogens (tertiary/aromatic N) is 1. The standard InChI is InChI=1S/C37H60N2O10/c1-21-7-9-28-23(3)30(42-32-36(28)26(21)11-13-34(5,44-32)46-48-36)40-19-25(39-17-15-38-16-18-39)20-41-31-24(4)29-10-8-22(2)27-12-14-35(6)45-33(43-31)37(27,29)49-47-35/h21-33,38H,7-20H2,1-6H3/t21-,22-,23-,24-,25?,26+,27+,28+,29+,30+,31+,32-,33?,34-,35-,36-,37-/m1/s1. The van der Waals surface area contributed by atoms with Crippen LogP contribution in [0.3, 0.4) is 0 Å². The minimum absolute atomic E-state index is 0.0333. The molecular weight excluding hydrogens is 632 g/mol. The SMILES string of the molecule is C[C@H]1[C@@H](OCC(CO[C@H]2O[C@@H]3O[C@@]4(C)CC[C@H]5[C@H](C)CC[C@@H]([C@H]2C)[C@@]35OO4)N2CCNCC2)OC2O[C@@]3(C)CC[C@H]4[C@H](C)CC[C@@H]1[C@@]24OO3. The maximum Gasteiger partial charge on any atom is 0.201 e. The van der Waals surface area contributed by atoms with E-state index in [2.05, 4.69) is 37.9 Å². The van der Waals surface area contributed by atoms with E-state index in [0.29, 0.717) is 36.9 Å². The molecule has 11 rings (SSSR count). The van der Waals surface area contributed by atoms with Gasteiger partial charge in [0.25, 0.3) is 0 Å². The fraction of sp³-hybridized carbons (Fsp3) is 1.00. The first kappa shape index (κ1) is 34.3. The molecule has 4 bridgehead atoms. The van der Waals surface area contributed by atoms with E-state index in [9.17, 15) is 0 Å². The Morgan fingerprint density at radius 1 is 0.633 bits per heavy atom. The second-order valence-electron chi connectivity index (χ2n) is 17.7. The maximum absolute atomic E-state index is 6.81. The number of hydrogen-bond acceptors (Lipinski definition) is 12. The van der Waals surface area contributed by atoms with Gasteiger partial charge in [-0.1, -0.05) is 27.7 Å². The molecule has 2 aliphatic carbocycles. The Kier molecular flexibility index (Phi) is 8.78. The second kappa shape index (κ2) is 12.6. The van der Waals surface area contributed by atoms with Crippen molar-refractivity contribution in [2.45, 2.75) is 147 Å². The first-order valence-electron chi connectivity index (χ1n) is 19.6. The predicted molar refractivity (Wildman–Crippen MR) is 174 cm³/mol. The molecule has 0 aromatic carbocycles. The number of rotatable bonds is 7. The van der Waals surface area contributed by atoms with Crippen molar-refractivity contribution in [2.24, 2.45) is 47.3 Å². The van der Waals surface area contributed by atoms with Crippen molar-refractivity contribution in [3.63, 3.8) is 0 Å². The van der Waals surface area contributed by atoms with Crippen LogP contribution < -0.4 is 5.32 Å². The van der Waals surface area contributed by atoms with E-state index in [4.69, 9.17) is 48.0 Å². The summed E-state index contributed by atoms with van der Waals surface area (Å²) in [7, 11) is 0. The Morgan fingerprint density at radius 3 is 1.57 bits per heavy atom. The fourth-order valence-corrected chi connectivity index (χ4v) is 11.8. The van der Waals surface area contributed by atoms with Crippen molar-refractivity contribution in [2.75, 3.05) is 39.4 Å². The van der Waals surface area contributed by atoms with Gasteiger partial charge >= 0.3 is 0 Å². The topological polar surface area (TPSA) is 108 Å². The average molecular weight is 693 g/mol. The summed E-state index contributed by atoms with van der Waals surface area (Å²) in [5.41, 5.74) is -1.19. The molecule has 278 valence electrons. The first-order valence-corrected chi connectivity index (χ1v) is 19.6. The van der Waals surface area contributed by atoms with Gasteiger partial charge in [-0.15, -0.1) is 0 Å². The fourth-order valence-electron chi connectivity index (χ4n) is 11.8. The van der Waals surface area contributed by atoms with Crippen molar-refractivity contribution in [3.05, 3.63) is 0 Å². The molecular formula is C37H60N2O10. The van der Waals surface area contributed by atoms with Crippen LogP contribution in [0.1, 0.15) is 92.9 Å². The van der Waals surface area contributed by atoms with Crippen molar-refractivity contribution in [1.82, 2.24) is 10.2 Å². The minimum atomic E-state index is -0.805. The molecule has 2 spiro atoms. The lowest BCUT2D eigenvalue weighted by Crippen LogP contribution is -2.70. The van der Waals surface area contributed by atoms with E-state index in [-0.39, 0.29) is 29.7 Å². The number of fused-ring (bicyclic) bond motifs is 4. The van der Waals surface area contributed by atoms with Crippen LogP contribution in [0.15, 0.2) is 0 Å². The van der Waals surface area contributed by atoms with Crippen molar-refractivity contribution in [1.29, 1.82) is 0 Å². The Balaban J connectivity index is 0.913. The van der Waals surface area contributed by atoms with Crippen LogP contribution in [-0.2, 0) is 48.0 Å². The molecule has 9 aliphatic heterocycles. The largest absolute Gasteiger partial charge is 0.351 e. The molecule has 0 aromatic rings. The zero-order valence-electron chi connectivity index (χ0n) is 30.4. The zero-order chi connectivity index (χ0) is 33.8. The van der Waals surface area contributed by atoms with Crippen LogP contribution in [0.4, 0.5) is 0 Å². The van der Waals surface area contributed by atoms with Gasteiger partial charge in [-0.25, -0.2) is 19.6 Å². The highest BCUT2D eigenvalue weighted by Gasteiger charge is 2.71.